The molecule has 0 aliphatic heterocycles. The van der Waals surface area contributed by atoms with E-state index in [1.807, 2.05) is 48.9 Å². The molecule has 3 rings (SSSR count). The van der Waals surface area contributed by atoms with Crippen molar-refractivity contribution in [2.24, 2.45) is 0 Å². The molecular formula is C22H25N3O4. The van der Waals surface area contributed by atoms with Crippen LogP contribution in [0.3, 0.4) is 0 Å². The fraction of sp³-hybridized carbons (Fsp3) is 0.273. The molecule has 0 radical (unpaired) electrons. The lowest BCUT2D eigenvalue weighted by Gasteiger charge is -2.14. The molecular weight excluding hydrogens is 370 g/mol. The Morgan fingerprint density at radius 1 is 0.966 bits per heavy atom. The Labute approximate surface area is 170 Å². The molecule has 7 nitrogen and oxygen atoms in total. The normalized spacial score (nSPS) is 10.5. The number of nitrogens with one attached hydrogen (secondary N) is 1. The number of hydrogen-bond donors (Lipinski definition) is 1. The van der Waals surface area contributed by atoms with Crippen molar-refractivity contribution < 1.29 is 19.0 Å². The highest BCUT2D eigenvalue weighted by molar-refractivity contribution is 5.97. The maximum absolute atomic E-state index is 12.9. The van der Waals surface area contributed by atoms with Gasteiger partial charge < -0.3 is 19.5 Å². The Morgan fingerprint density at radius 3 is 2.21 bits per heavy atom. The number of carbonyl (C=O) groups excluding carboxylic acids is 1. The predicted molar refractivity (Wildman–Crippen MR) is 110 cm³/mol. The van der Waals surface area contributed by atoms with Crippen LogP contribution in [0.25, 0.3) is 5.69 Å². The summed E-state index contributed by atoms with van der Waals surface area (Å²) in [6.45, 7) is 4.28. The molecule has 1 heterocycles. The fourth-order valence-electron chi connectivity index (χ4n) is 3.22. The molecule has 1 aromatic heterocycles. The van der Waals surface area contributed by atoms with E-state index < -0.39 is 0 Å². The van der Waals surface area contributed by atoms with Crippen LogP contribution in [0.5, 0.6) is 17.2 Å². The third kappa shape index (κ3) is 4.03. The number of benzene rings is 2. The van der Waals surface area contributed by atoms with Gasteiger partial charge in [-0.3, -0.25) is 4.79 Å². The van der Waals surface area contributed by atoms with Gasteiger partial charge in [-0.15, -0.1) is 0 Å². The molecule has 29 heavy (non-hydrogen) atoms. The van der Waals surface area contributed by atoms with E-state index in [9.17, 15) is 4.79 Å². The summed E-state index contributed by atoms with van der Waals surface area (Å²) >= 11 is 0. The summed E-state index contributed by atoms with van der Waals surface area (Å²) in [5, 5.41) is 7.58. The van der Waals surface area contributed by atoms with Crippen molar-refractivity contribution in [3.8, 4) is 22.9 Å². The van der Waals surface area contributed by atoms with Crippen LogP contribution in [0.2, 0.25) is 0 Å². The van der Waals surface area contributed by atoms with E-state index >= 15 is 0 Å². The highest BCUT2D eigenvalue weighted by atomic mass is 16.5. The third-order valence-electron chi connectivity index (χ3n) is 4.82. The molecule has 1 N–H and O–H groups in total. The second kappa shape index (κ2) is 8.68. The summed E-state index contributed by atoms with van der Waals surface area (Å²) in [6, 6.07) is 13.1. The van der Waals surface area contributed by atoms with Gasteiger partial charge in [-0.25, -0.2) is 4.68 Å². The molecule has 0 aliphatic rings. The van der Waals surface area contributed by atoms with Gasteiger partial charge in [0.25, 0.3) is 5.91 Å². The van der Waals surface area contributed by atoms with E-state index in [2.05, 4.69) is 10.4 Å². The van der Waals surface area contributed by atoms with Gasteiger partial charge in [0.2, 0.25) is 0 Å². The van der Waals surface area contributed by atoms with Crippen LogP contribution in [0.15, 0.2) is 42.5 Å². The van der Waals surface area contributed by atoms with Crippen molar-refractivity contribution in [1.82, 2.24) is 15.1 Å². The maximum atomic E-state index is 12.9. The molecule has 7 heteroatoms. The quantitative estimate of drug-likeness (QED) is 0.663. The summed E-state index contributed by atoms with van der Waals surface area (Å²) in [5.74, 6) is 1.10. The van der Waals surface area contributed by atoms with Crippen molar-refractivity contribution in [2.75, 3.05) is 21.3 Å². The number of amides is 1. The average Bonchev–Trinajstić information content (AvgIpc) is 3.04. The second-order valence-corrected chi connectivity index (χ2v) is 6.49. The zero-order valence-electron chi connectivity index (χ0n) is 17.3. The smallest absolute Gasteiger partial charge is 0.255 e. The summed E-state index contributed by atoms with van der Waals surface area (Å²) in [6.07, 6.45) is 0. The summed E-state index contributed by atoms with van der Waals surface area (Å²) < 4.78 is 17.8. The Hall–Kier alpha value is -3.48. The van der Waals surface area contributed by atoms with Crippen molar-refractivity contribution >= 4 is 5.91 Å². The monoisotopic (exact) mass is 395 g/mol. The minimum absolute atomic E-state index is 0.269. The minimum Gasteiger partial charge on any atom is -0.496 e. The topological polar surface area (TPSA) is 74.6 Å². The number of aromatic nitrogens is 2. The van der Waals surface area contributed by atoms with Gasteiger partial charge in [0.1, 0.15) is 5.75 Å². The average molecular weight is 395 g/mol. The van der Waals surface area contributed by atoms with Crippen LogP contribution in [-0.2, 0) is 6.54 Å². The zero-order chi connectivity index (χ0) is 21.0. The summed E-state index contributed by atoms with van der Waals surface area (Å²) in [5.41, 5.74) is 4.17. The van der Waals surface area contributed by atoms with Crippen LogP contribution in [0.1, 0.15) is 27.3 Å². The van der Waals surface area contributed by atoms with E-state index in [1.165, 1.54) is 21.3 Å². The maximum Gasteiger partial charge on any atom is 0.255 e. The number of methoxy groups -OCH3 is 3. The first-order valence-electron chi connectivity index (χ1n) is 9.18. The minimum atomic E-state index is -0.269. The number of rotatable bonds is 7. The largest absolute Gasteiger partial charge is 0.496 e. The highest BCUT2D eigenvalue weighted by Gasteiger charge is 2.19. The van der Waals surface area contributed by atoms with E-state index in [0.29, 0.717) is 29.4 Å². The van der Waals surface area contributed by atoms with Crippen LogP contribution >= 0.6 is 0 Å². The SMILES string of the molecule is COc1cc(OC)c(C(=O)NCc2c(C)nn(-c3ccccc3)c2C)cc1OC. The molecule has 0 spiro atoms. The second-order valence-electron chi connectivity index (χ2n) is 6.49. The first-order valence-corrected chi connectivity index (χ1v) is 9.18. The molecule has 0 unspecified atom stereocenters. The Kier molecular flexibility index (Phi) is 6.07. The Balaban J connectivity index is 1.84. The standard InChI is InChI=1S/C22H25N3O4/c1-14-18(15(2)25(24-14)16-9-7-6-8-10-16)13-23-22(26)17-11-20(28-4)21(29-5)12-19(17)27-3/h6-12H,13H2,1-5H3,(H,23,26). The van der Waals surface area contributed by atoms with Crippen molar-refractivity contribution in [3.05, 3.63) is 65.0 Å². The van der Waals surface area contributed by atoms with Gasteiger partial charge in [-0.2, -0.15) is 5.10 Å². The fourth-order valence-corrected chi connectivity index (χ4v) is 3.22. The van der Waals surface area contributed by atoms with Gasteiger partial charge in [-0.1, -0.05) is 18.2 Å². The van der Waals surface area contributed by atoms with Gasteiger partial charge in [-0.05, 0) is 26.0 Å². The van der Waals surface area contributed by atoms with Crippen molar-refractivity contribution in [2.45, 2.75) is 20.4 Å². The Morgan fingerprint density at radius 2 is 1.59 bits per heavy atom. The molecule has 0 saturated heterocycles. The molecule has 1 amide bonds. The number of aryl methyl sites for hydroxylation is 1. The number of nitrogens with zero attached hydrogens (tertiary/aromatic N) is 2. The molecule has 0 aliphatic carbocycles. The van der Waals surface area contributed by atoms with Crippen LogP contribution in [0.4, 0.5) is 0 Å². The lowest BCUT2D eigenvalue weighted by Crippen LogP contribution is -2.24. The number of carbonyl (C=O) groups is 1. The number of ether oxygens (including phenoxy) is 3. The van der Waals surface area contributed by atoms with E-state index in [0.717, 1.165) is 22.6 Å². The summed E-state index contributed by atoms with van der Waals surface area (Å²) in [7, 11) is 4.57. The van der Waals surface area contributed by atoms with Gasteiger partial charge in [0.05, 0.1) is 38.3 Å². The summed E-state index contributed by atoms with van der Waals surface area (Å²) in [4.78, 5) is 12.9. The van der Waals surface area contributed by atoms with E-state index in [-0.39, 0.29) is 5.91 Å². The number of para-hydroxylation sites is 1. The van der Waals surface area contributed by atoms with Crippen molar-refractivity contribution in [3.63, 3.8) is 0 Å². The highest BCUT2D eigenvalue weighted by Crippen LogP contribution is 2.34. The van der Waals surface area contributed by atoms with E-state index in [1.54, 1.807) is 12.1 Å². The molecule has 0 bridgehead atoms. The lowest BCUT2D eigenvalue weighted by molar-refractivity contribution is 0.0947. The molecule has 0 atom stereocenters. The number of hydrogen-bond acceptors (Lipinski definition) is 5. The van der Waals surface area contributed by atoms with Gasteiger partial charge in [0.15, 0.2) is 11.5 Å². The first kappa shape index (κ1) is 20.3. The molecule has 3 aromatic rings. The molecule has 152 valence electrons. The van der Waals surface area contributed by atoms with Crippen LogP contribution < -0.4 is 19.5 Å². The molecule has 2 aromatic carbocycles. The first-order chi connectivity index (χ1) is 14.0. The molecule has 0 saturated carbocycles. The molecule has 0 fully saturated rings. The van der Waals surface area contributed by atoms with Gasteiger partial charge >= 0.3 is 0 Å². The predicted octanol–water partition coefficient (Wildman–Crippen LogP) is 3.44. The van der Waals surface area contributed by atoms with Crippen LogP contribution in [-0.4, -0.2) is 37.0 Å². The van der Waals surface area contributed by atoms with Crippen molar-refractivity contribution in [1.29, 1.82) is 0 Å². The zero-order valence-corrected chi connectivity index (χ0v) is 17.3. The third-order valence-corrected chi connectivity index (χ3v) is 4.82. The van der Waals surface area contributed by atoms with Gasteiger partial charge in [0, 0.05) is 29.9 Å². The van der Waals surface area contributed by atoms with E-state index in [4.69, 9.17) is 14.2 Å². The lowest BCUT2D eigenvalue weighted by atomic mass is 10.1. The Bertz CT molecular complexity index is 1010. The van der Waals surface area contributed by atoms with Crippen LogP contribution in [0, 0.1) is 13.8 Å².